The number of aromatic nitrogens is 1. The Kier molecular flexibility index (Phi) is 8.63. The Morgan fingerprint density at radius 1 is 1.46 bits per heavy atom. The molecular formula is C17H31ClN4OS. The molecule has 1 unspecified atom stereocenters. The van der Waals surface area contributed by atoms with Crippen LogP contribution in [0.3, 0.4) is 0 Å². The van der Waals surface area contributed by atoms with Gasteiger partial charge in [0.2, 0.25) is 5.91 Å². The van der Waals surface area contributed by atoms with Gasteiger partial charge in [0.05, 0.1) is 5.01 Å². The van der Waals surface area contributed by atoms with Crippen molar-refractivity contribution in [1.29, 1.82) is 0 Å². The minimum atomic E-state index is 0. The fraction of sp³-hybridized carbons (Fsp3) is 0.765. The van der Waals surface area contributed by atoms with E-state index in [1.807, 2.05) is 17.5 Å². The zero-order valence-corrected chi connectivity index (χ0v) is 16.6. The first-order chi connectivity index (χ1) is 10.9. The van der Waals surface area contributed by atoms with Gasteiger partial charge < -0.3 is 11.1 Å². The number of nitrogens with one attached hydrogen (secondary N) is 1. The van der Waals surface area contributed by atoms with Gasteiger partial charge in [0.25, 0.3) is 0 Å². The van der Waals surface area contributed by atoms with Gasteiger partial charge in [0.15, 0.2) is 0 Å². The van der Waals surface area contributed by atoms with E-state index in [-0.39, 0.29) is 23.7 Å². The third kappa shape index (κ3) is 6.31. The molecular weight excluding hydrogens is 344 g/mol. The number of hydrogen-bond acceptors (Lipinski definition) is 5. The molecule has 1 amide bonds. The molecule has 7 heteroatoms. The van der Waals surface area contributed by atoms with Gasteiger partial charge in [0, 0.05) is 48.6 Å². The van der Waals surface area contributed by atoms with Crippen molar-refractivity contribution in [3.63, 3.8) is 0 Å². The van der Waals surface area contributed by atoms with Crippen LogP contribution in [0.25, 0.3) is 0 Å². The lowest BCUT2D eigenvalue weighted by Gasteiger charge is -2.35. The summed E-state index contributed by atoms with van der Waals surface area (Å²) in [4.78, 5) is 20.0. The number of piperidine rings is 1. The molecule has 1 atom stereocenters. The second-order valence-corrected chi connectivity index (χ2v) is 8.46. The molecule has 2 heterocycles. The smallest absolute Gasteiger partial charge is 0.221 e. The van der Waals surface area contributed by atoms with Crippen LogP contribution in [-0.2, 0) is 16.8 Å². The second kappa shape index (κ2) is 9.70. The van der Waals surface area contributed by atoms with Crippen molar-refractivity contribution < 1.29 is 4.79 Å². The first kappa shape index (κ1) is 21.4. The summed E-state index contributed by atoms with van der Waals surface area (Å²) in [7, 11) is 0. The van der Waals surface area contributed by atoms with Crippen molar-refractivity contribution in [2.75, 3.05) is 19.6 Å². The lowest BCUT2D eigenvalue weighted by Crippen LogP contribution is -2.46. The van der Waals surface area contributed by atoms with Crippen molar-refractivity contribution >= 4 is 29.7 Å². The van der Waals surface area contributed by atoms with Crippen molar-refractivity contribution in [2.24, 2.45) is 5.73 Å². The summed E-state index contributed by atoms with van der Waals surface area (Å²) in [6, 6.07) is 0.422. The third-order valence-corrected chi connectivity index (χ3v) is 5.62. The van der Waals surface area contributed by atoms with Crippen LogP contribution in [-0.4, -0.2) is 41.5 Å². The van der Waals surface area contributed by atoms with Gasteiger partial charge in [-0.05, 0) is 19.4 Å². The fourth-order valence-corrected chi connectivity index (χ4v) is 3.87. The van der Waals surface area contributed by atoms with Gasteiger partial charge in [-0.15, -0.1) is 23.7 Å². The molecule has 1 aliphatic heterocycles. The average molecular weight is 375 g/mol. The van der Waals surface area contributed by atoms with E-state index in [1.54, 1.807) is 0 Å². The molecule has 0 saturated carbocycles. The number of thiazole rings is 1. The van der Waals surface area contributed by atoms with E-state index < -0.39 is 0 Å². The number of likely N-dealkylation sites (tertiary alicyclic amines) is 1. The van der Waals surface area contributed by atoms with Crippen molar-refractivity contribution in [2.45, 2.75) is 64.5 Å². The number of rotatable bonds is 6. The molecule has 3 N–H and O–H groups in total. The standard InChI is InChI=1S/C17H30N4OS.ClH/c1-17(2,3)16-20-11-14(23-16)12-21-9-5-4-6-13(21)10-19-15(22)7-8-18;/h11,13H,4-10,12,18H2,1-3H3,(H,19,22);1H. The Labute approximate surface area is 155 Å². The second-order valence-electron chi connectivity index (χ2n) is 7.34. The molecule has 138 valence electrons. The van der Waals surface area contributed by atoms with Crippen LogP contribution in [0.4, 0.5) is 0 Å². The van der Waals surface area contributed by atoms with E-state index in [9.17, 15) is 4.79 Å². The lowest BCUT2D eigenvalue weighted by atomic mass is 9.98. The Hall–Kier alpha value is -0.690. The zero-order chi connectivity index (χ0) is 16.9. The highest BCUT2D eigenvalue weighted by molar-refractivity contribution is 7.11. The van der Waals surface area contributed by atoms with E-state index in [1.165, 1.54) is 22.7 Å². The summed E-state index contributed by atoms with van der Waals surface area (Å²) >= 11 is 1.81. The lowest BCUT2D eigenvalue weighted by molar-refractivity contribution is -0.121. The van der Waals surface area contributed by atoms with Gasteiger partial charge in [-0.25, -0.2) is 4.98 Å². The van der Waals surface area contributed by atoms with Crippen LogP contribution in [0.2, 0.25) is 0 Å². The molecule has 1 aliphatic rings. The van der Waals surface area contributed by atoms with Crippen LogP contribution >= 0.6 is 23.7 Å². The number of carbonyl (C=O) groups excluding carboxylic acids is 1. The molecule has 1 saturated heterocycles. The summed E-state index contributed by atoms with van der Waals surface area (Å²) in [6.45, 7) is 9.77. The highest BCUT2D eigenvalue weighted by Crippen LogP contribution is 2.28. The molecule has 0 aliphatic carbocycles. The summed E-state index contributed by atoms with van der Waals surface area (Å²) in [6.07, 6.45) is 6.05. The van der Waals surface area contributed by atoms with Crippen LogP contribution in [0, 0.1) is 0 Å². The van der Waals surface area contributed by atoms with Crippen molar-refractivity contribution in [3.8, 4) is 0 Å². The van der Waals surface area contributed by atoms with Gasteiger partial charge in [0.1, 0.15) is 0 Å². The Balaban J connectivity index is 0.00000288. The maximum atomic E-state index is 11.6. The fourth-order valence-electron chi connectivity index (χ4n) is 2.88. The summed E-state index contributed by atoms with van der Waals surface area (Å²) < 4.78 is 0. The van der Waals surface area contributed by atoms with Crippen LogP contribution in [0.15, 0.2) is 6.20 Å². The highest BCUT2D eigenvalue weighted by atomic mass is 35.5. The SMILES string of the molecule is CC(C)(C)c1ncc(CN2CCCCC2CNC(=O)CCN)s1.Cl. The van der Waals surface area contributed by atoms with Crippen molar-refractivity contribution in [1.82, 2.24) is 15.2 Å². The zero-order valence-electron chi connectivity index (χ0n) is 15.0. The number of amides is 1. The molecule has 1 aromatic rings. The normalized spacial score (nSPS) is 18.9. The minimum absolute atomic E-state index is 0. The van der Waals surface area contributed by atoms with E-state index in [0.29, 0.717) is 19.0 Å². The summed E-state index contributed by atoms with van der Waals surface area (Å²) in [5.41, 5.74) is 5.54. The van der Waals surface area contributed by atoms with Gasteiger partial charge >= 0.3 is 0 Å². The molecule has 0 spiro atoms. The Morgan fingerprint density at radius 2 is 2.21 bits per heavy atom. The molecule has 1 aromatic heterocycles. The van der Waals surface area contributed by atoms with Crippen molar-refractivity contribution in [3.05, 3.63) is 16.1 Å². The summed E-state index contributed by atoms with van der Waals surface area (Å²) in [5.74, 6) is 0.0610. The molecule has 1 fully saturated rings. The Morgan fingerprint density at radius 3 is 2.83 bits per heavy atom. The van der Waals surface area contributed by atoms with Gasteiger partial charge in [-0.1, -0.05) is 27.2 Å². The number of nitrogens with two attached hydrogens (primary N) is 1. The molecule has 2 rings (SSSR count). The molecule has 0 aromatic carbocycles. The number of halogens is 1. The maximum Gasteiger partial charge on any atom is 0.221 e. The van der Waals surface area contributed by atoms with Gasteiger partial charge in [-0.2, -0.15) is 0 Å². The van der Waals surface area contributed by atoms with Crippen LogP contribution in [0.5, 0.6) is 0 Å². The van der Waals surface area contributed by atoms with E-state index in [0.717, 1.165) is 26.1 Å². The first-order valence-electron chi connectivity index (χ1n) is 8.56. The van der Waals surface area contributed by atoms with Crippen LogP contribution < -0.4 is 11.1 Å². The van der Waals surface area contributed by atoms with Crippen LogP contribution in [0.1, 0.15) is 56.3 Å². The molecule has 0 radical (unpaired) electrons. The quantitative estimate of drug-likeness (QED) is 0.803. The molecule has 5 nitrogen and oxygen atoms in total. The average Bonchev–Trinajstić information content (AvgIpc) is 2.95. The highest BCUT2D eigenvalue weighted by Gasteiger charge is 2.24. The maximum absolute atomic E-state index is 11.6. The number of nitrogens with zero attached hydrogens (tertiary/aromatic N) is 2. The predicted molar refractivity (Wildman–Crippen MR) is 103 cm³/mol. The third-order valence-electron chi connectivity index (χ3n) is 4.21. The van der Waals surface area contributed by atoms with E-state index in [4.69, 9.17) is 5.73 Å². The topological polar surface area (TPSA) is 71.2 Å². The Bertz CT molecular complexity index is 515. The van der Waals surface area contributed by atoms with E-state index in [2.05, 4.69) is 36.0 Å². The largest absolute Gasteiger partial charge is 0.354 e. The predicted octanol–water partition coefficient (Wildman–Crippen LogP) is 2.68. The number of carbonyl (C=O) groups is 1. The number of hydrogen-bond donors (Lipinski definition) is 2. The first-order valence-corrected chi connectivity index (χ1v) is 9.38. The van der Waals surface area contributed by atoms with E-state index >= 15 is 0 Å². The molecule has 24 heavy (non-hydrogen) atoms. The monoisotopic (exact) mass is 374 g/mol. The minimum Gasteiger partial charge on any atom is -0.354 e. The summed E-state index contributed by atoms with van der Waals surface area (Å²) in [5, 5.41) is 4.22. The molecule has 0 bridgehead atoms. The van der Waals surface area contributed by atoms with Gasteiger partial charge in [-0.3, -0.25) is 9.69 Å².